The molecule has 1 fully saturated rings. The van der Waals surface area contributed by atoms with Crippen molar-refractivity contribution in [1.29, 1.82) is 0 Å². The number of nitrogens with one attached hydrogen (secondary N) is 2. The number of benzene rings is 1. The number of carbonyl (C=O) groups excluding carboxylic acids is 1. The molecule has 126 valence electrons. The van der Waals surface area contributed by atoms with E-state index in [9.17, 15) is 4.79 Å². The molecule has 1 aromatic carbocycles. The minimum absolute atomic E-state index is 0.116. The van der Waals surface area contributed by atoms with Crippen LogP contribution in [0.3, 0.4) is 0 Å². The number of hydrogen-bond donors (Lipinski definition) is 2. The molecule has 1 aromatic heterocycles. The summed E-state index contributed by atoms with van der Waals surface area (Å²) in [7, 11) is 0. The summed E-state index contributed by atoms with van der Waals surface area (Å²) in [6.07, 6.45) is 4.56. The first-order valence-corrected chi connectivity index (χ1v) is 8.32. The average molecular weight is 326 g/mol. The Morgan fingerprint density at radius 1 is 1.29 bits per heavy atom. The lowest BCUT2D eigenvalue weighted by atomic mass is 10.1. The van der Waals surface area contributed by atoms with E-state index in [1.165, 1.54) is 11.9 Å². The van der Waals surface area contributed by atoms with Crippen molar-refractivity contribution in [3.63, 3.8) is 0 Å². The van der Waals surface area contributed by atoms with Crippen molar-refractivity contribution in [1.82, 2.24) is 15.3 Å². The molecule has 2 N–H and O–H groups in total. The van der Waals surface area contributed by atoms with Crippen molar-refractivity contribution < 1.29 is 9.53 Å². The van der Waals surface area contributed by atoms with Crippen molar-refractivity contribution in [3.8, 4) is 0 Å². The van der Waals surface area contributed by atoms with Gasteiger partial charge < -0.3 is 15.4 Å². The molecule has 2 aromatic rings. The van der Waals surface area contributed by atoms with Gasteiger partial charge in [0.1, 0.15) is 17.8 Å². The van der Waals surface area contributed by atoms with Crippen LogP contribution >= 0.6 is 0 Å². The number of carbonyl (C=O) groups is 1. The first kappa shape index (κ1) is 16.4. The fourth-order valence-corrected chi connectivity index (χ4v) is 2.62. The lowest BCUT2D eigenvalue weighted by Crippen LogP contribution is -2.32. The SMILES string of the molecule is CCc1ccc(Nc2cc(C(=O)NCC3CCCO3)ncn2)cc1. The third-order valence-electron chi connectivity index (χ3n) is 4.05. The van der Waals surface area contributed by atoms with Crippen LogP contribution in [-0.4, -0.2) is 35.1 Å². The van der Waals surface area contributed by atoms with Gasteiger partial charge in [-0.3, -0.25) is 4.79 Å². The van der Waals surface area contributed by atoms with Crippen LogP contribution in [0.2, 0.25) is 0 Å². The van der Waals surface area contributed by atoms with Crippen molar-refractivity contribution in [2.45, 2.75) is 32.3 Å². The Morgan fingerprint density at radius 2 is 2.12 bits per heavy atom. The topological polar surface area (TPSA) is 76.1 Å². The van der Waals surface area contributed by atoms with E-state index in [0.717, 1.165) is 31.6 Å². The van der Waals surface area contributed by atoms with Gasteiger partial charge in [-0.2, -0.15) is 0 Å². The summed E-state index contributed by atoms with van der Waals surface area (Å²) in [5.41, 5.74) is 2.55. The summed E-state index contributed by atoms with van der Waals surface area (Å²) in [5.74, 6) is 0.383. The molecule has 1 unspecified atom stereocenters. The highest BCUT2D eigenvalue weighted by molar-refractivity contribution is 5.93. The Balaban J connectivity index is 1.60. The minimum atomic E-state index is -0.211. The van der Waals surface area contributed by atoms with Crippen LogP contribution in [0.25, 0.3) is 0 Å². The number of nitrogens with zero attached hydrogens (tertiary/aromatic N) is 2. The van der Waals surface area contributed by atoms with Gasteiger partial charge >= 0.3 is 0 Å². The Labute approximate surface area is 141 Å². The summed E-state index contributed by atoms with van der Waals surface area (Å²) in [6, 6.07) is 9.78. The number of rotatable bonds is 6. The molecule has 1 aliphatic rings. The van der Waals surface area contributed by atoms with Gasteiger partial charge in [0, 0.05) is 24.9 Å². The molecule has 1 aliphatic heterocycles. The minimum Gasteiger partial charge on any atom is -0.376 e. The zero-order valence-electron chi connectivity index (χ0n) is 13.8. The predicted octanol–water partition coefficient (Wildman–Crippen LogP) is 2.69. The fourth-order valence-electron chi connectivity index (χ4n) is 2.62. The average Bonchev–Trinajstić information content (AvgIpc) is 3.14. The molecule has 0 bridgehead atoms. The summed E-state index contributed by atoms with van der Waals surface area (Å²) in [5, 5.41) is 6.06. The van der Waals surface area contributed by atoms with Crippen LogP contribution in [0.1, 0.15) is 35.8 Å². The zero-order valence-corrected chi connectivity index (χ0v) is 13.8. The van der Waals surface area contributed by atoms with E-state index in [1.54, 1.807) is 6.07 Å². The highest BCUT2D eigenvalue weighted by Gasteiger charge is 2.17. The molecule has 1 amide bonds. The van der Waals surface area contributed by atoms with Crippen LogP contribution in [-0.2, 0) is 11.2 Å². The third-order valence-corrected chi connectivity index (χ3v) is 4.05. The van der Waals surface area contributed by atoms with Gasteiger partial charge in [0.15, 0.2) is 0 Å². The molecular formula is C18H22N4O2. The molecule has 6 heteroatoms. The van der Waals surface area contributed by atoms with E-state index < -0.39 is 0 Å². The molecule has 0 spiro atoms. The maximum absolute atomic E-state index is 12.2. The Bertz CT molecular complexity index is 682. The van der Waals surface area contributed by atoms with E-state index in [0.29, 0.717) is 18.1 Å². The Hall–Kier alpha value is -2.47. The highest BCUT2D eigenvalue weighted by Crippen LogP contribution is 2.16. The van der Waals surface area contributed by atoms with Gasteiger partial charge in [0.25, 0.3) is 5.91 Å². The second-order valence-electron chi connectivity index (χ2n) is 5.81. The second kappa shape index (κ2) is 7.88. The summed E-state index contributed by atoms with van der Waals surface area (Å²) in [4.78, 5) is 20.4. The molecule has 0 radical (unpaired) electrons. The molecule has 6 nitrogen and oxygen atoms in total. The Kier molecular flexibility index (Phi) is 5.38. The summed E-state index contributed by atoms with van der Waals surface area (Å²) < 4.78 is 5.50. The quantitative estimate of drug-likeness (QED) is 0.853. The van der Waals surface area contributed by atoms with Gasteiger partial charge in [0.2, 0.25) is 0 Å². The van der Waals surface area contributed by atoms with Crippen LogP contribution < -0.4 is 10.6 Å². The number of aromatic nitrogens is 2. The van der Waals surface area contributed by atoms with E-state index in [4.69, 9.17) is 4.74 Å². The molecule has 24 heavy (non-hydrogen) atoms. The molecule has 1 saturated heterocycles. The summed E-state index contributed by atoms with van der Waals surface area (Å²) >= 11 is 0. The standard InChI is InChI=1S/C18H22N4O2/c1-2-13-5-7-14(8-6-13)22-17-10-16(20-12-21-17)18(23)19-11-15-4-3-9-24-15/h5-8,10,12,15H,2-4,9,11H2,1H3,(H,19,23)(H,20,21,22). The number of hydrogen-bond acceptors (Lipinski definition) is 5. The second-order valence-corrected chi connectivity index (χ2v) is 5.81. The first-order valence-electron chi connectivity index (χ1n) is 8.32. The van der Waals surface area contributed by atoms with Crippen LogP contribution in [0.5, 0.6) is 0 Å². The lowest BCUT2D eigenvalue weighted by Gasteiger charge is -2.11. The predicted molar refractivity (Wildman–Crippen MR) is 92.4 cm³/mol. The normalized spacial score (nSPS) is 16.8. The van der Waals surface area contributed by atoms with Gasteiger partial charge in [-0.15, -0.1) is 0 Å². The molecule has 3 rings (SSSR count). The summed E-state index contributed by atoms with van der Waals surface area (Å²) in [6.45, 7) is 3.41. The van der Waals surface area contributed by atoms with Crippen molar-refractivity contribution in [3.05, 3.63) is 47.9 Å². The molecular weight excluding hydrogens is 304 g/mol. The lowest BCUT2D eigenvalue weighted by molar-refractivity contribution is 0.0853. The van der Waals surface area contributed by atoms with Gasteiger partial charge in [-0.1, -0.05) is 19.1 Å². The van der Waals surface area contributed by atoms with Gasteiger partial charge in [0.05, 0.1) is 6.10 Å². The first-order chi connectivity index (χ1) is 11.7. The molecule has 2 heterocycles. The van der Waals surface area contributed by atoms with Crippen LogP contribution in [0.4, 0.5) is 11.5 Å². The van der Waals surface area contributed by atoms with Crippen molar-refractivity contribution in [2.24, 2.45) is 0 Å². The molecule has 0 aliphatic carbocycles. The maximum atomic E-state index is 12.2. The maximum Gasteiger partial charge on any atom is 0.270 e. The van der Waals surface area contributed by atoms with Crippen molar-refractivity contribution in [2.75, 3.05) is 18.5 Å². The Morgan fingerprint density at radius 3 is 2.83 bits per heavy atom. The van der Waals surface area contributed by atoms with E-state index in [2.05, 4.69) is 39.7 Å². The number of ether oxygens (including phenoxy) is 1. The number of anilines is 2. The highest BCUT2D eigenvalue weighted by atomic mass is 16.5. The smallest absolute Gasteiger partial charge is 0.270 e. The van der Waals surface area contributed by atoms with Gasteiger partial charge in [-0.05, 0) is 37.0 Å². The van der Waals surface area contributed by atoms with Crippen molar-refractivity contribution >= 4 is 17.4 Å². The number of aryl methyl sites for hydroxylation is 1. The monoisotopic (exact) mass is 326 g/mol. The number of amides is 1. The van der Waals surface area contributed by atoms with Crippen LogP contribution in [0, 0.1) is 0 Å². The van der Waals surface area contributed by atoms with E-state index in [-0.39, 0.29) is 12.0 Å². The molecule has 0 saturated carbocycles. The largest absolute Gasteiger partial charge is 0.376 e. The molecule has 1 atom stereocenters. The zero-order chi connectivity index (χ0) is 16.8. The van der Waals surface area contributed by atoms with E-state index in [1.807, 2.05) is 12.1 Å². The van der Waals surface area contributed by atoms with Gasteiger partial charge in [-0.25, -0.2) is 9.97 Å². The third kappa shape index (κ3) is 4.29. The van der Waals surface area contributed by atoms with E-state index >= 15 is 0 Å². The fraction of sp³-hybridized carbons (Fsp3) is 0.389. The van der Waals surface area contributed by atoms with Crippen LogP contribution in [0.15, 0.2) is 36.7 Å².